The second-order valence-corrected chi connectivity index (χ2v) is 5.27. The third-order valence-corrected chi connectivity index (χ3v) is 3.97. The fourth-order valence-corrected chi connectivity index (χ4v) is 2.42. The smallest absolute Gasteiger partial charge is 0.0487 e. The van der Waals surface area contributed by atoms with Crippen molar-refractivity contribution in [3.05, 3.63) is 11.3 Å². The van der Waals surface area contributed by atoms with E-state index in [-0.39, 0.29) is 9.52 Å². The van der Waals surface area contributed by atoms with Gasteiger partial charge in [-0.05, 0) is 13.8 Å². The maximum Gasteiger partial charge on any atom is 0.0487 e. The highest BCUT2D eigenvalue weighted by atomic mass is 28.2. The van der Waals surface area contributed by atoms with E-state index < -0.39 is 0 Å². The lowest BCUT2D eigenvalue weighted by molar-refractivity contribution is 0.769. The van der Waals surface area contributed by atoms with Gasteiger partial charge in [0.15, 0.2) is 0 Å². The molecule has 0 amide bonds. The summed E-state index contributed by atoms with van der Waals surface area (Å²) in [7, 11) is 0.176. The average molecular weight is 156 g/mol. The van der Waals surface area contributed by atoms with Gasteiger partial charge in [0.1, 0.15) is 0 Å². The van der Waals surface area contributed by atoms with Gasteiger partial charge in [-0.25, -0.2) is 0 Å². The zero-order valence-electron chi connectivity index (χ0n) is 7.61. The molecule has 0 nitrogen and oxygen atoms in total. The van der Waals surface area contributed by atoms with Gasteiger partial charge >= 0.3 is 0 Å². The first-order chi connectivity index (χ1) is 4.81. The van der Waals surface area contributed by atoms with Crippen LogP contribution in [0.5, 0.6) is 0 Å². The molecular formula is C9H20Si. The Bertz CT molecular complexity index is 94.9. The minimum atomic E-state index is 0.176. The molecule has 1 heteroatoms. The molecule has 0 aromatic rings. The van der Waals surface area contributed by atoms with Crippen molar-refractivity contribution in [1.29, 1.82) is 0 Å². The molecule has 0 unspecified atom stereocenters. The number of hydrogen-bond acceptors (Lipinski definition) is 0. The molecule has 0 saturated heterocycles. The quantitative estimate of drug-likeness (QED) is 0.424. The SMILES string of the molecule is CC=C(C)[SiH2]CCCCC. The molecule has 0 fully saturated rings. The Hall–Kier alpha value is -0.0431. The molecule has 0 spiro atoms. The predicted octanol–water partition coefficient (Wildman–Crippen LogP) is 2.69. The second kappa shape index (κ2) is 7.07. The zero-order chi connectivity index (χ0) is 7.82. The zero-order valence-corrected chi connectivity index (χ0v) is 9.03. The highest BCUT2D eigenvalue weighted by molar-refractivity contribution is 6.44. The molecule has 0 aliphatic carbocycles. The van der Waals surface area contributed by atoms with Crippen LogP contribution in [0, 0.1) is 0 Å². The third kappa shape index (κ3) is 6.08. The summed E-state index contributed by atoms with van der Waals surface area (Å²) in [5.41, 5.74) is 0. The molecule has 60 valence electrons. The molecule has 0 N–H and O–H groups in total. The standard InChI is InChI=1S/C9H20Si/c1-4-6-7-8-10-9(3)5-2/h5H,4,6-8,10H2,1-3H3. The third-order valence-electron chi connectivity index (χ3n) is 1.92. The van der Waals surface area contributed by atoms with Crippen molar-refractivity contribution in [2.24, 2.45) is 0 Å². The maximum atomic E-state index is 2.28. The van der Waals surface area contributed by atoms with Gasteiger partial charge in [-0.2, -0.15) is 0 Å². The van der Waals surface area contributed by atoms with Crippen LogP contribution in [-0.2, 0) is 0 Å². The van der Waals surface area contributed by atoms with Crippen LogP contribution < -0.4 is 0 Å². The highest BCUT2D eigenvalue weighted by Gasteiger charge is 1.89. The summed E-state index contributed by atoms with van der Waals surface area (Å²) in [6.07, 6.45) is 6.54. The van der Waals surface area contributed by atoms with Crippen molar-refractivity contribution in [3.63, 3.8) is 0 Å². The van der Waals surface area contributed by atoms with Crippen LogP contribution >= 0.6 is 0 Å². The topological polar surface area (TPSA) is 0 Å². The van der Waals surface area contributed by atoms with Crippen LogP contribution in [0.1, 0.15) is 40.0 Å². The average Bonchev–Trinajstić information content (AvgIpc) is 1.98. The van der Waals surface area contributed by atoms with Gasteiger partial charge in [-0.15, -0.1) is 0 Å². The molecule has 0 bridgehead atoms. The Morgan fingerprint density at radius 3 is 2.60 bits per heavy atom. The molecule has 10 heavy (non-hydrogen) atoms. The number of unbranched alkanes of at least 4 members (excludes halogenated alkanes) is 2. The van der Waals surface area contributed by atoms with E-state index in [0.29, 0.717) is 0 Å². The highest BCUT2D eigenvalue weighted by Crippen LogP contribution is 2.01. The van der Waals surface area contributed by atoms with Gasteiger partial charge in [0.2, 0.25) is 0 Å². The summed E-state index contributed by atoms with van der Waals surface area (Å²) in [5.74, 6) is 0. The molecule has 0 aliphatic rings. The van der Waals surface area contributed by atoms with Crippen molar-refractivity contribution in [2.75, 3.05) is 0 Å². The van der Waals surface area contributed by atoms with E-state index in [2.05, 4.69) is 26.8 Å². The summed E-state index contributed by atoms with van der Waals surface area (Å²) in [6, 6.07) is 1.52. The Balaban J connectivity index is 3.04. The first-order valence-corrected chi connectivity index (χ1v) is 6.13. The van der Waals surface area contributed by atoms with Crippen LogP contribution in [0.4, 0.5) is 0 Å². The largest absolute Gasteiger partial charge is 0.0951 e. The van der Waals surface area contributed by atoms with E-state index in [9.17, 15) is 0 Å². The number of rotatable bonds is 5. The van der Waals surface area contributed by atoms with Gasteiger partial charge in [0, 0.05) is 9.52 Å². The van der Waals surface area contributed by atoms with Crippen molar-refractivity contribution >= 4 is 9.52 Å². The molecule has 0 aromatic carbocycles. The summed E-state index contributed by atoms with van der Waals surface area (Å²) < 4.78 is 0. The first-order valence-electron chi connectivity index (χ1n) is 4.43. The van der Waals surface area contributed by atoms with Gasteiger partial charge in [0.25, 0.3) is 0 Å². The molecule has 0 atom stereocenters. The van der Waals surface area contributed by atoms with E-state index in [1.807, 2.05) is 0 Å². The predicted molar refractivity (Wildman–Crippen MR) is 52.3 cm³/mol. The van der Waals surface area contributed by atoms with Crippen molar-refractivity contribution in [2.45, 2.75) is 46.1 Å². The summed E-state index contributed by atoms with van der Waals surface area (Å²) in [4.78, 5) is 0. The monoisotopic (exact) mass is 156 g/mol. The van der Waals surface area contributed by atoms with Gasteiger partial charge in [-0.1, -0.05) is 43.5 Å². The van der Waals surface area contributed by atoms with Gasteiger partial charge in [0.05, 0.1) is 0 Å². The lowest BCUT2D eigenvalue weighted by Gasteiger charge is -1.97. The van der Waals surface area contributed by atoms with Crippen molar-refractivity contribution in [1.82, 2.24) is 0 Å². The minimum Gasteiger partial charge on any atom is -0.0951 e. The fourth-order valence-electron chi connectivity index (χ4n) is 0.975. The van der Waals surface area contributed by atoms with Gasteiger partial charge in [-0.3, -0.25) is 0 Å². The molecule has 0 saturated carbocycles. The Morgan fingerprint density at radius 2 is 2.10 bits per heavy atom. The number of allylic oxidation sites excluding steroid dienone is 2. The molecule has 0 aliphatic heterocycles. The van der Waals surface area contributed by atoms with Crippen molar-refractivity contribution in [3.8, 4) is 0 Å². The van der Waals surface area contributed by atoms with E-state index in [1.54, 1.807) is 5.20 Å². The van der Waals surface area contributed by atoms with E-state index in [0.717, 1.165) is 0 Å². The Labute approximate surface area is 67.5 Å². The normalized spacial score (nSPS) is 13.3. The minimum absolute atomic E-state index is 0.176. The van der Waals surface area contributed by atoms with Crippen molar-refractivity contribution < 1.29 is 0 Å². The Morgan fingerprint density at radius 1 is 1.40 bits per heavy atom. The summed E-state index contributed by atoms with van der Waals surface area (Å²) >= 11 is 0. The van der Waals surface area contributed by atoms with Crippen LogP contribution in [0.3, 0.4) is 0 Å². The molecule has 0 radical (unpaired) electrons. The molecule has 0 rings (SSSR count). The lowest BCUT2D eigenvalue weighted by atomic mass is 10.3. The van der Waals surface area contributed by atoms with Crippen LogP contribution in [0.2, 0.25) is 6.04 Å². The molecule has 0 heterocycles. The van der Waals surface area contributed by atoms with E-state index in [1.165, 1.54) is 25.3 Å². The van der Waals surface area contributed by atoms with Crippen LogP contribution in [-0.4, -0.2) is 9.52 Å². The summed E-state index contributed by atoms with van der Waals surface area (Å²) in [6.45, 7) is 6.70. The maximum absolute atomic E-state index is 2.28. The molecular weight excluding hydrogens is 136 g/mol. The van der Waals surface area contributed by atoms with E-state index in [4.69, 9.17) is 0 Å². The van der Waals surface area contributed by atoms with Gasteiger partial charge < -0.3 is 0 Å². The second-order valence-electron chi connectivity index (χ2n) is 2.95. The van der Waals surface area contributed by atoms with Crippen LogP contribution in [0.15, 0.2) is 11.3 Å². The molecule has 0 aromatic heterocycles. The Kier molecular flexibility index (Phi) is 7.04. The van der Waals surface area contributed by atoms with E-state index >= 15 is 0 Å². The summed E-state index contributed by atoms with van der Waals surface area (Å²) in [5, 5.41) is 1.68. The lowest BCUT2D eigenvalue weighted by Crippen LogP contribution is -1.90. The fraction of sp³-hybridized carbons (Fsp3) is 0.778. The first kappa shape index (κ1) is 9.96. The number of hydrogen-bond donors (Lipinski definition) is 0. The van der Waals surface area contributed by atoms with Crippen LogP contribution in [0.25, 0.3) is 0 Å².